The fraction of sp³-hybridized carbons (Fsp3) is 0.275. The van der Waals surface area contributed by atoms with E-state index in [1.54, 1.807) is 29.4 Å². The number of ketones is 2. The monoisotopic (exact) mass is 655 g/mol. The van der Waals surface area contributed by atoms with Crippen molar-refractivity contribution in [3.63, 3.8) is 0 Å². The number of nitrogens with zero attached hydrogens (tertiary/aromatic N) is 3. The molecule has 0 unspecified atom stereocenters. The molecule has 2 aliphatic rings. The fourth-order valence-corrected chi connectivity index (χ4v) is 6.73. The third-order valence-corrected chi connectivity index (χ3v) is 9.39. The standard InChI is InChI=1S/C23H23N3O2.C17H18N2O2/c1-15-9-18(14-26(2)23(15)28)17-10-16-6-7-20(27)12-21(16)22(11-17)25-13-19-5-3-4-8-24-19;1-10-5-13(9-19(2)17(10)21)12-6-11-3-4-14(20)8-15(11)16(18)7-12/h3-5,8-11,14,25H,6-7,12-13H2,1-2H3;5-7,9H,3-4,8,18H2,1-2H3. The number of pyridine rings is 3. The van der Waals surface area contributed by atoms with Crippen LogP contribution < -0.4 is 22.2 Å². The number of rotatable bonds is 5. The largest absolute Gasteiger partial charge is 0.398 e. The Hall–Kier alpha value is -5.57. The lowest BCUT2D eigenvalue weighted by Gasteiger charge is -2.22. The van der Waals surface area contributed by atoms with Crippen LogP contribution in [-0.2, 0) is 55.9 Å². The summed E-state index contributed by atoms with van der Waals surface area (Å²) in [6, 6.07) is 17.9. The minimum atomic E-state index is 0.00952. The number of hydrogen-bond donors (Lipinski definition) is 2. The number of fused-ring (bicyclic) bond motifs is 2. The van der Waals surface area contributed by atoms with Gasteiger partial charge in [0.05, 0.1) is 12.2 Å². The van der Waals surface area contributed by atoms with Crippen LogP contribution in [0.2, 0.25) is 0 Å². The predicted molar refractivity (Wildman–Crippen MR) is 194 cm³/mol. The van der Waals surface area contributed by atoms with Crippen molar-refractivity contribution in [3.8, 4) is 22.3 Å². The van der Waals surface area contributed by atoms with E-state index in [4.69, 9.17) is 5.73 Å². The summed E-state index contributed by atoms with van der Waals surface area (Å²) in [5, 5.41) is 3.48. The molecule has 3 N–H and O–H groups in total. The van der Waals surface area contributed by atoms with Crippen LogP contribution in [0.1, 0.15) is 51.9 Å². The van der Waals surface area contributed by atoms with Gasteiger partial charge in [0, 0.05) is 80.9 Å². The molecule has 9 heteroatoms. The van der Waals surface area contributed by atoms with Gasteiger partial charge in [-0.05, 0) is 108 Å². The molecule has 0 atom stereocenters. The lowest BCUT2D eigenvalue weighted by atomic mass is 9.87. The number of hydrogen-bond acceptors (Lipinski definition) is 7. The first-order valence-electron chi connectivity index (χ1n) is 16.6. The molecule has 3 aromatic heterocycles. The van der Waals surface area contributed by atoms with E-state index in [2.05, 4.69) is 28.5 Å². The van der Waals surface area contributed by atoms with Crippen LogP contribution in [0, 0.1) is 13.8 Å². The van der Waals surface area contributed by atoms with Gasteiger partial charge in [-0.3, -0.25) is 24.2 Å². The van der Waals surface area contributed by atoms with Crippen molar-refractivity contribution >= 4 is 22.9 Å². The van der Waals surface area contributed by atoms with Gasteiger partial charge in [-0.15, -0.1) is 0 Å². The molecule has 0 fully saturated rings. The number of Topliss-reactive ketones (excluding diaryl/α,β-unsaturated/α-hetero) is 2. The molecule has 0 amide bonds. The Balaban J connectivity index is 0.000000177. The molecule has 0 bridgehead atoms. The zero-order chi connectivity index (χ0) is 34.8. The number of carbonyl (C=O) groups excluding carboxylic acids is 2. The minimum absolute atomic E-state index is 0.00952. The van der Waals surface area contributed by atoms with E-state index >= 15 is 0 Å². The van der Waals surface area contributed by atoms with E-state index in [0.29, 0.717) is 43.5 Å². The summed E-state index contributed by atoms with van der Waals surface area (Å²) in [5.74, 6) is 0.527. The highest BCUT2D eigenvalue weighted by molar-refractivity contribution is 5.87. The van der Waals surface area contributed by atoms with Crippen molar-refractivity contribution in [2.75, 3.05) is 11.1 Å². The summed E-state index contributed by atoms with van der Waals surface area (Å²) >= 11 is 0. The van der Waals surface area contributed by atoms with Crippen LogP contribution in [0.3, 0.4) is 0 Å². The molecule has 9 nitrogen and oxygen atoms in total. The van der Waals surface area contributed by atoms with Crippen LogP contribution >= 0.6 is 0 Å². The molecular formula is C40H41N5O4. The average molecular weight is 656 g/mol. The molecule has 250 valence electrons. The lowest BCUT2D eigenvalue weighted by Crippen LogP contribution is -2.19. The summed E-state index contributed by atoms with van der Waals surface area (Å²) in [5.41, 5.74) is 18.6. The quantitative estimate of drug-likeness (QED) is 0.242. The first-order valence-corrected chi connectivity index (χ1v) is 16.6. The molecule has 3 heterocycles. The maximum atomic E-state index is 12.1. The van der Waals surface area contributed by atoms with Gasteiger partial charge in [0.15, 0.2) is 0 Å². The maximum absolute atomic E-state index is 12.1. The maximum Gasteiger partial charge on any atom is 0.253 e. The van der Waals surface area contributed by atoms with E-state index in [1.807, 2.05) is 62.6 Å². The molecule has 0 spiro atoms. The fourth-order valence-electron chi connectivity index (χ4n) is 6.73. The summed E-state index contributed by atoms with van der Waals surface area (Å²) in [4.78, 5) is 51.8. The first kappa shape index (κ1) is 33.3. The summed E-state index contributed by atoms with van der Waals surface area (Å²) in [6.07, 6.45) is 9.05. The van der Waals surface area contributed by atoms with Gasteiger partial charge < -0.3 is 20.2 Å². The van der Waals surface area contributed by atoms with Gasteiger partial charge >= 0.3 is 0 Å². The van der Waals surface area contributed by atoms with E-state index in [1.165, 1.54) is 5.56 Å². The van der Waals surface area contributed by atoms with Crippen LogP contribution in [0.25, 0.3) is 22.3 Å². The Morgan fingerprint density at radius 2 is 1.24 bits per heavy atom. The number of aryl methyl sites for hydroxylation is 6. The van der Waals surface area contributed by atoms with Crippen molar-refractivity contribution in [3.05, 3.63) is 133 Å². The van der Waals surface area contributed by atoms with Gasteiger partial charge in [-0.1, -0.05) is 18.2 Å². The number of nitrogens with one attached hydrogen (secondary N) is 1. The Morgan fingerprint density at radius 3 is 1.80 bits per heavy atom. The van der Waals surface area contributed by atoms with Gasteiger partial charge in [-0.25, -0.2) is 0 Å². The van der Waals surface area contributed by atoms with Crippen LogP contribution in [0.15, 0.2) is 82.8 Å². The van der Waals surface area contributed by atoms with Gasteiger partial charge in [0.2, 0.25) is 0 Å². The molecule has 0 aliphatic heterocycles. The SMILES string of the molecule is Cc1cc(-c2cc(N)c3c(c2)CCC(=O)C3)cn(C)c1=O.Cc1cc(-c2cc3c(c(NCc4ccccn4)c2)CC(=O)CC3)cn(C)c1=O. The van der Waals surface area contributed by atoms with E-state index in [9.17, 15) is 19.2 Å². The zero-order valence-electron chi connectivity index (χ0n) is 28.4. The Morgan fingerprint density at radius 1 is 0.694 bits per heavy atom. The Labute approximate surface area is 285 Å². The summed E-state index contributed by atoms with van der Waals surface area (Å²) in [7, 11) is 3.52. The van der Waals surface area contributed by atoms with Gasteiger partial charge in [0.1, 0.15) is 11.6 Å². The minimum Gasteiger partial charge on any atom is -0.398 e. The topological polar surface area (TPSA) is 129 Å². The van der Waals surface area contributed by atoms with Crippen LogP contribution in [0.4, 0.5) is 11.4 Å². The van der Waals surface area contributed by atoms with Crippen molar-refractivity contribution in [1.82, 2.24) is 14.1 Å². The highest BCUT2D eigenvalue weighted by atomic mass is 16.1. The third kappa shape index (κ3) is 7.31. The number of aromatic nitrogens is 3. The van der Waals surface area contributed by atoms with E-state index in [0.717, 1.165) is 68.7 Å². The molecule has 0 saturated carbocycles. The first-order chi connectivity index (χ1) is 23.5. The predicted octanol–water partition coefficient (Wildman–Crippen LogP) is 5.43. The van der Waals surface area contributed by atoms with Crippen molar-refractivity contribution in [1.29, 1.82) is 0 Å². The van der Waals surface area contributed by atoms with Crippen LogP contribution in [-0.4, -0.2) is 25.7 Å². The second kappa shape index (κ2) is 13.9. The number of carbonyl (C=O) groups is 2. The third-order valence-electron chi connectivity index (χ3n) is 9.39. The number of nitrogens with two attached hydrogens (primary N) is 1. The van der Waals surface area contributed by atoms with Gasteiger partial charge in [0.25, 0.3) is 11.1 Å². The normalized spacial score (nSPS) is 13.6. The van der Waals surface area contributed by atoms with E-state index < -0.39 is 0 Å². The smallest absolute Gasteiger partial charge is 0.253 e. The Bertz CT molecular complexity index is 2160. The van der Waals surface area contributed by atoms with Crippen molar-refractivity contribution in [2.45, 2.75) is 58.9 Å². The molecular weight excluding hydrogens is 614 g/mol. The van der Waals surface area contributed by atoms with Crippen molar-refractivity contribution in [2.24, 2.45) is 14.1 Å². The number of nitrogen functional groups attached to an aromatic ring is 1. The number of anilines is 2. The highest BCUT2D eigenvalue weighted by Gasteiger charge is 2.21. The lowest BCUT2D eigenvalue weighted by molar-refractivity contribution is -0.119. The molecule has 0 saturated heterocycles. The molecule has 2 aliphatic carbocycles. The summed E-state index contributed by atoms with van der Waals surface area (Å²) < 4.78 is 3.21. The molecule has 5 aromatic rings. The van der Waals surface area contributed by atoms with Crippen LogP contribution in [0.5, 0.6) is 0 Å². The van der Waals surface area contributed by atoms with Crippen molar-refractivity contribution < 1.29 is 9.59 Å². The Kier molecular flexibility index (Phi) is 9.44. The highest BCUT2D eigenvalue weighted by Crippen LogP contribution is 2.34. The zero-order valence-corrected chi connectivity index (χ0v) is 28.4. The molecule has 49 heavy (non-hydrogen) atoms. The molecule has 2 aromatic carbocycles. The molecule has 7 rings (SSSR count). The summed E-state index contributed by atoms with van der Waals surface area (Å²) in [6.45, 7) is 4.24. The number of benzene rings is 2. The van der Waals surface area contributed by atoms with E-state index in [-0.39, 0.29) is 22.7 Å². The average Bonchev–Trinajstić information content (AvgIpc) is 3.09. The van der Waals surface area contributed by atoms with Gasteiger partial charge in [-0.2, -0.15) is 0 Å². The second-order valence-electron chi connectivity index (χ2n) is 13.1. The second-order valence-corrected chi connectivity index (χ2v) is 13.1. The molecule has 0 radical (unpaired) electrons.